The number of nitrogens with zero attached hydrogens (tertiary/aromatic N) is 1. The Hall–Kier alpha value is -1.62. The highest BCUT2D eigenvalue weighted by molar-refractivity contribution is 5.76. The molecule has 2 N–H and O–H groups in total. The molecule has 0 unspecified atom stereocenters. The van der Waals surface area contributed by atoms with Gasteiger partial charge in [-0.25, -0.2) is 0 Å². The van der Waals surface area contributed by atoms with E-state index in [1.165, 1.54) is 10.6 Å². The maximum atomic E-state index is 11.7. The lowest BCUT2D eigenvalue weighted by Crippen LogP contribution is -2.44. The lowest BCUT2D eigenvalue weighted by atomic mass is 10.0. The van der Waals surface area contributed by atoms with Crippen molar-refractivity contribution < 1.29 is 9.90 Å². The minimum atomic E-state index is -0.423. The third kappa shape index (κ3) is 4.71. The van der Waals surface area contributed by atoms with Gasteiger partial charge in [0.2, 0.25) is 5.91 Å². The van der Waals surface area contributed by atoms with E-state index in [1.807, 2.05) is 13.8 Å². The van der Waals surface area contributed by atoms with E-state index in [4.69, 9.17) is 5.11 Å². The molecule has 0 radical (unpaired) electrons. The number of aliphatic hydroxyl groups excluding tert-OH is 1. The monoisotopic (exact) mass is 252 g/mol. The Morgan fingerprint density at radius 1 is 1.44 bits per heavy atom. The number of pyridine rings is 1. The molecule has 5 heteroatoms. The third-order valence-electron chi connectivity index (χ3n) is 2.69. The largest absolute Gasteiger partial charge is 0.396 e. The maximum Gasteiger partial charge on any atom is 0.250 e. The number of hydrogen-bond donors (Lipinski definition) is 2. The molecule has 5 nitrogen and oxygen atoms in total. The number of rotatable bonds is 6. The topological polar surface area (TPSA) is 71.3 Å². The van der Waals surface area contributed by atoms with Gasteiger partial charge < -0.3 is 15.0 Å². The molecule has 0 spiro atoms. The van der Waals surface area contributed by atoms with Crippen molar-refractivity contribution in [3.05, 3.63) is 34.7 Å². The average Bonchev–Trinajstić information content (AvgIpc) is 2.27. The van der Waals surface area contributed by atoms with Gasteiger partial charge in [-0.2, -0.15) is 0 Å². The van der Waals surface area contributed by atoms with E-state index in [2.05, 4.69) is 5.32 Å². The van der Waals surface area contributed by atoms with Gasteiger partial charge in [0, 0.05) is 37.4 Å². The number of carbonyl (C=O) groups is 1. The minimum absolute atomic E-state index is 0.0332. The van der Waals surface area contributed by atoms with Crippen molar-refractivity contribution >= 4 is 5.91 Å². The first kappa shape index (κ1) is 14.4. The molecule has 1 aromatic rings. The normalized spacial score (nSPS) is 11.3. The fourth-order valence-corrected chi connectivity index (χ4v) is 1.65. The van der Waals surface area contributed by atoms with Gasteiger partial charge in [-0.15, -0.1) is 0 Å². The summed E-state index contributed by atoms with van der Waals surface area (Å²) >= 11 is 0. The molecule has 0 aromatic carbocycles. The molecule has 0 fully saturated rings. The second-order valence-electron chi connectivity index (χ2n) is 4.89. The second kappa shape index (κ2) is 6.35. The van der Waals surface area contributed by atoms with E-state index in [0.29, 0.717) is 13.0 Å². The van der Waals surface area contributed by atoms with Crippen LogP contribution in [0.25, 0.3) is 0 Å². The zero-order valence-corrected chi connectivity index (χ0v) is 10.8. The van der Waals surface area contributed by atoms with E-state index in [-0.39, 0.29) is 24.5 Å². The van der Waals surface area contributed by atoms with E-state index >= 15 is 0 Å². The zero-order chi connectivity index (χ0) is 13.6. The first-order valence-corrected chi connectivity index (χ1v) is 6.02. The lowest BCUT2D eigenvalue weighted by molar-refractivity contribution is -0.123. The van der Waals surface area contributed by atoms with Crippen LogP contribution in [0.5, 0.6) is 0 Å². The Labute approximate surface area is 106 Å². The highest BCUT2D eigenvalue weighted by Gasteiger charge is 2.19. The summed E-state index contributed by atoms with van der Waals surface area (Å²) < 4.78 is 1.50. The third-order valence-corrected chi connectivity index (χ3v) is 2.69. The summed E-state index contributed by atoms with van der Waals surface area (Å²) in [5, 5.41) is 11.7. The molecule has 0 saturated heterocycles. The van der Waals surface area contributed by atoms with Crippen LogP contribution in [0.4, 0.5) is 0 Å². The summed E-state index contributed by atoms with van der Waals surface area (Å²) in [7, 11) is 0. The molecule has 1 amide bonds. The van der Waals surface area contributed by atoms with Gasteiger partial charge in [-0.3, -0.25) is 9.59 Å². The number of aliphatic hydroxyl groups is 1. The summed E-state index contributed by atoms with van der Waals surface area (Å²) in [6, 6.07) is 4.89. The molecular weight excluding hydrogens is 232 g/mol. The van der Waals surface area contributed by atoms with E-state index in [9.17, 15) is 9.59 Å². The van der Waals surface area contributed by atoms with Crippen LogP contribution in [-0.2, 0) is 11.3 Å². The van der Waals surface area contributed by atoms with Crippen molar-refractivity contribution in [3.8, 4) is 0 Å². The highest BCUT2D eigenvalue weighted by atomic mass is 16.3. The van der Waals surface area contributed by atoms with Crippen molar-refractivity contribution in [2.24, 2.45) is 0 Å². The summed E-state index contributed by atoms with van der Waals surface area (Å²) in [4.78, 5) is 23.1. The second-order valence-corrected chi connectivity index (χ2v) is 4.89. The van der Waals surface area contributed by atoms with Crippen molar-refractivity contribution in [3.63, 3.8) is 0 Å². The smallest absolute Gasteiger partial charge is 0.250 e. The van der Waals surface area contributed by atoms with Gasteiger partial charge in [0.15, 0.2) is 0 Å². The Morgan fingerprint density at radius 3 is 2.78 bits per heavy atom. The van der Waals surface area contributed by atoms with Crippen LogP contribution in [0.2, 0.25) is 0 Å². The van der Waals surface area contributed by atoms with Crippen LogP contribution < -0.4 is 10.9 Å². The Balaban J connectivity index is 2.47. The molecular formula is C13H20N2O3. The van der Waals surface area contributed by atoms with Crippen molar-refractivity contribution in [2.45, 2.75) is 38.8 Å². The maximum absolute atomic E-state index is 11.7. The van der Waals surface area contributed by atoms with Gasteiger partial charge in [-0.1, -0.05) is 6.07 Å². The van der Waals surface area contributed by atoms with Crippen LogP contribution in [0.15, 0.2) is 29.2 Å². The zero-order valence-electron chi connectivity index (χ0n) is 10.8. The van der Waals surface area contributed by atoms with Gasteiger partial charge in [-0.05, 0) is 26.3 Å². The van der Waals surface area contributed by atoms with Gasteiger partial charge >= 0.3 is 0 Å². The van der Waals surface area contributed by atoms with E-state index in [0.717, 1.165) is 0 Å². The fraction of sp³-hybridized carbons (Fsp3) is 0.538. The summed E-state index contributed by atoms with van der Waals surface area (Å²) in [5.41, 5.74) is -0.534. The molecule has 0 aliphatic rings. The number of carbonyl (C=O) groups excluding carboxylic acids is 1. The van der Waals surface area contributed by atoms with E-state index in [1.54, 1.807) is 18.3 Å². The minimum Gasteiger partial charge on any atom is -0.396 e. The van der Waals surface area contributed by atoms with E-state index < -0.39 is 5.54 Å². The lowest BCUT2D eigenvalue weighted by Gasteiger charge is -2.25. The van der Waals surface area contributed by atoms with Crippen LogP contribution in [0.1, 0.15) is 26.7 Å². The molecule has 1 aromatic heterocycles. The van der Waals surface area contributed by atoms with Gasteiger partial charge in [0.05, 0.1) is 0 Å². The molecule has 18 heavy (non-hydrogen) atoms. The van der Waals surface area contributed by atoms with Gasteiger partial charge in [0.25, 0.3) is 5.56 Å². The predicted molar refractivity (Wildman–Crippen MR) is 69.2 cm³/mol. The van der Waals surface area contributed by atoms with Crippen LogP contribution in [0, 0.1) is 0 Å². The number of amides is 1. The van der Waals surface area contributed by atoms with Crippen LogP contribution in [0.3, 0.4) is 0 Å². The average molecular weight is 252 g/mol. The van der Waals surface area contributed by atoms with Crippen LogP contribution in [-0.4, -0.2) is 27.7 Å². The van der Waals surface area contributed by atoms with Crippen molar-refractivity contribution in [2.75, 3.05) is 6.61 Å². The first-order valence-electron chi connectivity index (χ1n) is 6.02. The quantitative estimate of drug-likeness (QED) is 0.775. The molecule has 1 heterocycles. The molecule has 0 aliphatic heterocycles. The van der Waals surface area contributed by atoms with Gasteiger partial charge in [0.1, 0.15) is 0 Å². The predicted octanol–water partition coefficient (Wildman–Crippen LogP) is 0.516. The Bertz CT molecular complexity index is 452. The molecule has 0 bridgehead atoms. The standard InChI is InChI=1S/C13H20N2O3/c1-13(2,7-10-16)14-11(17)6-9-15-8-4-3-5-12(15)18/h3-5,8,16H,6-7,9-10H2,1-2H3,(H,14,17). The van der Waals surface area contributed by atoms with Crippen molar-refractivity contribution in [1.29, 1.82) is 0 Å². The number of nitrogens with one attached hydrogen (secondary N) is 1. The highest BCUT2D eigenvalue weighted by Crippen LogP contribution is 2.07. The number of aromatic nitrogens is 1. The molecule has 0 saturated carbocycles. The Kier molecular flexibility index (Phi) is 5.09. The summed E-state index contributed by atoms with van der Waals surface area (Å²) in [5.74, 6) is -0.121. The fourth-order valence-electron chi connectivity index (χ4n) is 1.65. The molecule has 100 valence electrons. The summed E-state index contributed by atoms with van der Waals surface area (Å²) in [6.45, 7) is 4.11. The SMILES string of the molecule is CC(C)(CCO)NC(=O)CCn1ccccc1=O. The molecule has 0 aliphatic carbocycles. The summed E-state index contributed by atoms with van der Waals surface area (Å²) in [6.07, 6.45) is 2.41. The Morgan fingerprint density at radius 2 is 2.17 bits per heavy atom. The van der Waals surface area contributed by atoms with Crippen LogP contribution >= 0.6 is 0 Å². The molecule has 0 atom stereocenters. The number of hydrogen-bond acceptors (Lipinski definition) is 3. The molecule has 1 rings (SSSR count). The van der Waals surface area contributed by atoms with Crippen molar-refractivity contribution in [1.82, 2.24) is 9.88 Å². The first-order chi connectivity index (χ1) is 8.44. The number of aryl methyl sites for hydroxylation is 1.